The number of hydrogen-bond acceptors (Lipinski definition) is 5. The second-order valence-electron chi connectivity index (χ2n) is 5.00. The van der Waals surface area contributed by atoms with Gasteiger partial charge >= 0.3 is 0 Å². The molecule has 0 radical (unpaired) electrons. The number of amides is 1. The molecule has 6 nitrogen and oxygen atoms in total. The second-order valence-corrected chi connectivity index (χ2v) is 6.28. The first-order valence-corrected chi connectivity index (χ1v) is 7.77. The Labute approximate surface area is 135 Å². The zero-order valence-corrected chi connectivity index (χ0v) is 13.4. The van der Waals surface area contributed by atoms with E-state index >= 15 is 0 Å². The Morgan fingerprint density at radius 1 is 1.22 bits per heavy atom. The van der Waals surface area contributed by atoms with Crippen LogP contribution in [0.1, 0.15) is 27.2 Å². The van der Waals surface area contributed by atoms with Crippen molar-refractivity contribution in [1.29, 1.82) is 0 Å². The van der Waals surface area contributed by atoms with Gasteiger partial charge in [0, 0.05) is 10.3 Å². The van der Waals surface area contributed by atoms with Crippen LogP contribution in [0.5, 0.6) is 0 Å². The van der Waals surface area contributed by atoms with Crippen molar-refractivity contribution in [3.63, 3.8) is 0 Å². The van der Waals surface area contributed by atoms with Crippen molar-refractivity contribution >= 4 is 33.7 Å². The number of rotatable bonds is 3. The zero-order valence-electron chi connectivity index (χ0n) is 12.6. The molecule has 0 unspecified atom stereocenters. The van der Waals surface area contributed by atoms with Crippen LogP contribution in [0.4, 0.5) is 0 Å². The Morgan fingerprint density at radius 3 is 2.65 bits per heavy atom. The lowest BCUT2D eigenvalue weighted by atomic mass is 10.1. The van der Waals surface area contributed by atoms with Crippen LogP contribution in [0.2, 0.25) is 0 Å². The predicted molar refractivity (Wildman–Crippen MR) is 91.1 cm³/mol. The van der Waals surface area contributed by atoms with E-state index in [0.717, 1.165) is 4.88 Å². The van der Waals surface area contributed by atoms with E-state index in [9.17, 15) is 9.59 Å². The molecule has 1 amide bonds. The van der Waals surface area contributed by atoms with E-state index in [-0.39, 0.29) is 11.3 Å². The van der Waals surface area contributed by atoms with E-state index in [0.29, 0.717) is 16.5 Å². The maximum absolute atomic E-state index is 12.3. The van der Waals surface area contributed by atoms with Crippen molar-refractivity contribution in [2.75, 3.05) is 0 Å². The van der Waals surface area contributed by atoms with E-state index in [1.165, 1.54) is 4.88 Å². The predicted octanol–water partition coefficient (Wildman–Crippen LogP) is 2.45. The summed E-state index contributed by atoms with van der Waals surface area (Å²) in [5, 5.41) is 11.2. The Morgan fingerprint density at radius 2 is 1.96 bits per heavy atom. The van der Waals surface area contributed by atoms with Crippen molar-refractivity contribution < 1.29 is 4.79 Å². The number of nitrogens with one attached hydrogen (secondary N) is 2. The number of carbonyl (C=O) groups excluding carboxylic acids is 1. The summed E-state index contributed by atoms with van der Waals surface area (Å²) in [6.45, 7) is 3.83. The number of H-pyrrole nitrogens is 1. The number of carbonyl (C=O) groups is 1. The molecule has 0 aliphatic rings. The third kappa shape index (κ3) is 3.04. The summed E-state index contributed by atoms with van der Waals surface area (Å²) < 4.78 is 0. The molecule has 0 aliphatic carbocycles. The lowest BCUT2D eigenvalue weighted by molar-refractivity contribution is 0.0950. The van der Waals surface area contributed by atoms with Gasteiger partial charge in [0.25, 0.3) is 11.5 Å². The highest BCUT2D eigenvalue weighted by molar-refractivity contribution is 7.14. The summed E-state index contributed by atoms with van der Waals surface area (Å²) in [4.78, 5) is 26.2. The van der Waals surface area contributed by atoms with Crippen LogP contribution in [0.3, 0.4) is 0 Å². The van der Waals surface area contributed by atoms with E-state index in [1.54, 1.807) is 35.6 Å². The van der Waals surface area contributed by atoms with Gasteiger partial charge in [0.05, 0.1) is 16.0 Å². The summed E-state index contributed by atoms with van der Waals surface area (Å²) >= 11 is 1.60. The molecule has 0 atom stereocenters. The summed E-state index contributed by atoms with van der Waals surface area (Å²) in [6.07, 6.45) is 0. The first kappa shape index (κ1) is 15.1. The molecule has 0 saturated heterocycles. The molecule has 2 heterocycles. The molecule has 116 valence electrons. The van der Waals surface area contributed by atoms with Crippen LogP contribution in [0.15, 0.2) is 46.3 Å². The first-order chi connectivity index (χ1) is 11.1. The summed E-state index contributed by atoms with van der Waals surface area (Å²) in [7, 11) is 0. The summed E-state index contributed by atoms with van der Waals surface area (Å²) in [6, 6.07) is 10.8. The van der Waals surface area contributed by atoms with Crippen molar-refractivity contribution in [3.8, 4) is 0 Å². The fraction of sp³-hybridized carbons (Fsp3) is 0.125. The number of aromatic amines is 1. The monoisotopic (exact) mass is 326 g/mol. The van der Waals surface area contributed by atoms with Gasteiger partial charge in [0.1, 0.15) is 0 Å². The molecule has 3 rings (SSSR count). The topological polar surface area (TPSA) is 87.2 Å². The minimum Gasteiger partial charge on any atom is -0.267 e. The van der Waals surface area contributed by atoms with Crippen molar-refractivity contribution in [1.82, 2.24) is 15.6 Å². The number of hydrogen-bond donors (Lipinski definition) is 2. The largest absolute Gasteiger partial charge is 0.292 e. The molecule has 7 heteroatoms. The lowest BCUT2D eigenvalue weighted by Crippen LogP contribution is -2.23. The molecule has 2 aromatic heterocycles. The number of aryl methyl sites for hydroxylation is 1. The zero-order chi connectivity index (χ0) is 16.4. The number of nitrogens with zero attached hydrogens (tertiary/aromatic N) is 2. The average Bonchev–Trinajstić information content (AvgIpc) is 2.99. The highest BCUT2D eigenvalue weighted by atomic mass is 32.1. The SMILES string of the molecule is C/C(=N/NC(=O)c1n[nH]c(=O)c2ccccc12)c1ccc(C)s1. The van der Waals surface area contributed by atoms with Crippen LogP contribution in [0.25, 0.3) is 10.8 Å². The molecule has 0 bridgehead atoms. The van der Waals surface area contributed by atoms with E-state index in [4.69, 9.17) is 0 Å². The van der Waals surface area contributed by atoms with Gasteiger partial charge in [-0.25, -0.2) is 10.5 Å². The third-order valence-corrected chi connectivity index (χ3v) is 4.44. The lowest BCUT2D eigenvalue weighted by Gasteiger charge is -2.04. The van der Waals surface area contributed by atoms with E-state index < -0.39 is 5.91 Å². The fourth-order valence-corrected chi connectivity index (χ4v) is 2.97. The maximum Gasteiger partial charge on any atom is 0.292 e. The highest BCUT2D eigenvalue weighted by Crippen LogP contribution is 2.16. The van der Waals surface area contributed by atoms with Gasteiger partial charge in [0.15, 0.2) is 5.69 Å². The Balaban J connectivity index is 1.90. The molecule has 2 N–H and O–H groups in total. The third-order valence-electron chi connectivity index (χ3n) is 3.33. The summed E-state index contributed by atoms with van der Waals surface area (Å²) in [5.41, 5.74) is 3.01. The van der Waals surface area contributed by atoms with Crippen LogP contribution in [-0.2, 0) is 0 Å². The quantitative estimate of drug-likeness (QED) is 0.572. The van der Waals surface area contributed by atoms with E-state index in [1.807, 2.05) is 26.0 Å². The molecule has 23 heavy (non-hydrogen) atoms. The van der Waals surface area contributed by atoms with Gasteiger partial charge in [-0.3, -0.25) is 9.59 Å². The fourth-order valence-electron chi connectivity index (χ4n) is 2.16. The molecule has 0 aliphatic heterocycles. The number of hydrazone groups is 1. The Hall–Kier alpha value is -2.80. The first-order valence-electron chi connectivity index (χ1n) is 6.95. The van der Waals surface area contributed by atoms with Gasteiger partial charge in [0.2, 0.25) is 0 Å². The van der Waals surface area contributed by atoms with Gasteiger partial charge in [-0.2, -0.15) is 10.2 Å². The summed E-state index contributed by atoms with van der Waals surface area (Å²) in [5.74, 6) is -0.468. The van der Waals surface area contributed by atoms with Crippen molar-refractivity contribution in [2.24, 2.45) is 5.10 Å². The van der Waals surface area contributed by atoms with Crippen LogP contribution >= 0.6 is 11.3 Å². The highest BCUT2D eigenvalue weighted by Gasteiger charge is 2.13. The molecule has 3 aromatic rings. The van der Waals surface area contributed by atoms with Crippen LogP contribution in [0, 0.1) is 6.92 Å². The molecule has 1 aromatic carbocycles. The molecule has 0 spiro atoms. The molecule has 0 fully saturated rings. The smallest absolute Gasteiger partial charge is 0.267 e. The van der Waals surface area contributed by atoms with Gasteiger partial charge in [-0.15, -0.1) is 11.3 Å². The second kappa shape index (κ2) is 6.13. The minimum atomic E-state index is -0.468. The van der Waals surface area contributed by atoms with Gasteiger partial charge in [-0.05, 0) is 32.0 Å². The van der Waals surface area contributed by atoms with Crippen LogP contribution in [-0.4, -0.2) is 21.8 Å². The Bertz CT molecular complexity index is 971. The number of aromatic nitrogens is 2. The maximum atomic E-state index is 12.3. The molecular weight excluding hydrogens is 312 g/mol. The van der Waals surface area contributed by atoms with Crippen molar-refractivity contribution in [3.05, 3.63) is 62.2 Å². The van der Waals surface area contributed by atoms with E-state index in [2.05, 4.69) is 20.7 Å². The van der Waals surface area contributed by atoms with Crippen molar-refractivity contribution in [2.45, 2.75) is 13.8 Å². The standard InChI is InChI=1S/C16H14N4O2S/c1-9-7-8-13(23-9)10(2)17-20-16(22)14-11-5-3-4-6-12(11)15(21)19-18-14/h3-8H,1-2H3,(H,19,21)(H,20,22)/b17-10-. The minimum absolute atomic E-state index is 0.138. The number of fused-ring (bicyclic) bond motifs is 1. The molecule has 0 saturated carbocycles. The Kier molecular flexibility index (Phi) is 4.03. The van der Waals surface area contributed by atoms with Gasteiger partial charge < -0.3 is 0 Å². The number of thiophene rings is 1. The van der Waals surface area contributed by atoms with Crippen LogP contribution < -0.4 is 11.0 Å². The van der Waals surface area contributed by atoms with Gasteiger partial charge in [-0.1, -0.05) is 18.2 Å². The normalized spacial score (nSPS) is 11.7. The average molecular weight is 326 g/mol. The molecular formula is C16H14N4O2S. The number of benzene rings is 1.